The molecule has 7 heteroatoms. The predicted molar refractivity (Wildman–Crippen MR) is 123 cm³/mol. The number of hydrogen-bond acceptors (Lipinski definition) is 5. The molecule has 1 amide bonds. The van der Waals surface area contributed by atoms with E-state index in [4.69, 9.17) is 25.8 Å². The van der Waals surface area contributed by atoms with Crippen LogP contribution in [-0.4, -0.2) is 33.0 Å². The van der Waals surface area contributed by atoms with E-state index in [0.29, 0.717) is 52.8 Å². The van der Waals surface area contributed by atoms with Gasteiger partial charge in [0.1, 0.15) is 0 Å². The molecule has 2 aromatic rings. The zero-order chi connectivity index (χ0) is 23.0. The van der Waals surface area contributed by atoms with E-state index in [1.54, 1.807) is 32.3 Å². The van der Waals surface area contributed by atoms with Gasteiger partial charge < -0.3 is 14.2 Å². The van der Waals surface area contributed by atoms with Crippen molar-refractivity contribution in [2.45, 2.75) is 38.5 Å². The van der Waals surface area contributed by atoms with Crippen molar-refractivity contribution >= 4 is 29.0 Å². The summed E-state index contributed by atoms with van der Waals surface area (Å²) in [5.41, 5.74) is 3.86. The highest BCUT2D eigenvalue weighted by atomic mass is 35.5. The minimum Gasteiger partial charge on any atom is -0.493 e. The van der Waals surface area contributed by atoms with Crippen LogP contribution >= 0.6 is 11.6 Å². The Morgan fingerprint density at radius 1 is 0.969 bits per heavy atom. The molecule has 1 atom stereocenters. The highest BCUT2D eigenvalue weighted by molar-refractivity contribution is 6.31. The van der Waals surface area contributed by atoms with E-state index in [9.17, 15) is 9.59 Å². The second kappa shape index (κ2) is 8.87. The lowest BCUT2D eigenvalue weighted by atomic mass is 9.77. The maximum atomic E-state index is 13.4. The monoisotopic (exact) mass is 455 g/mol. The number of benzene rings is 2. The average molecular weight is 456 g/mol. The number of methoxy groups -OCH3 is 3. The number of rotatable bonds is 5. The second-order valence-corrected chi connectivity index (χ2v) is 8.42. The largest absolute Gasteiger partial charge is 0.493 e. The van der Waals surface area contributed by atoms with Gasteiger partial charge in [-0.15, -0.1) is 0 Å². The fourth-order valence-electron chi connectivity index (χ4n) is 4.60. The molecule has 0 unspecified atom stereocenters. The quantitative estimate of drug-likeness (QED) is 0.619. The van der Waals surface area contributed by atoms with E-state index >= 15 is 0 Å². The topological polar surface area (TPSA) is 65.1 Å². The molecule has 168 valence electrons. The van der Waals surface area contributed by atoms with E-state index in [0.717, 1.165) is 16.8 Å². The third-order valence-corrected chi connectivity index (χ3v) is 6.59. The van der Waals surface area contributed by atoms with Crippen LogP contribution in [0.25, 0.3) is 0 Å². The van der Waals surface area contributed by atoms with Crippen LogP contribution in [0.15, 0.2) is 41.6 Å². The first kappa shape index (κ1) is 22.2. The summed E-state index contributed by atoms with van der Waals surface area (Å²) < 4.78 is 16.4. The van der Waals surface area contributed by atoms with Crippen LogP contribution < -0.4 is 19.1 Å². The first-order valence-electron chi connectivity index (χ1n) is 10.5. The molecule has 0 radical (unpaired) electrons. The van der Waals surface area contributed by atoms with Crippen LogP contribution in [0.5, 0.6) is 17.2 Å². The summed E-state index contributed by atoms with van der Waals surface area (Å²) in [7, 11) is 4.64. The Kier molecular flexibility index (Phi) is 6.15. The van der Waals surface area contributed by atoms with Crippen LogP contribution in [-0.2, 0) is 9.59 Å². The number of aryl methyl sites for hydroxylation is 1. The summed E-state index contributed by atoms with van der Waals surface area (Å²) in [6.45, 7) is 1.92. The molecule has 6 nitrogen and oxygen atoms in total. The first-order chi connectivity index (χ1) is 15.4. The second-order valence-electron chi connectivity index (χ2n) is 8.02. The van der Waals surface area contributed by atoms with Crippen molar-refractivity contribution in [1.29, 1.82) is 0 Å². The lowest BCUT2D eigenvalue weighted by Crippen LogP contribution is -2.40. The average Bonchev–Trinajstić information content (AvgIpc) is 2.79. The van der Waals surface area contributed by atoms with Gasteiger partial charge in [-0.05, 0) is 55.2 Å². The molecule has 0 N–H and O–H groups in total. The van der Waals surface area contributed by atoms with Crippen molar-refractivity contribution in [3.8, 4) is 17.2 Å². The fraction of sp³-hybridized carbons (Fsp3) is 0.360. The van der Waals surface area contributed by atoms with Crippen LogP contribution in [0.4, 0.5) is 5.69 Å². The zero-order valence-corrected chi connectivity index (χ0v) is 19.4. The van der Waals surface area contributed by atoms with Crippen molar-refractivity contribution in [2.75, 3.05) is 26.2 Å². The molecule has 32 heavy (non-hydrogen) atoms. The predicted octanol–water partition coefficient (Wildman–Crippen LogP) is 5.20. The lowest BCUT2D eigenvalue weighted by molar-refractivity contribution is -0.119. The number of carbonyl (C=O) groups is 2. The maximum Gasteiger partial charge on any atom is 0.232 e. The summed E-state index contributed by atoms with van der Waals surface area (Å²) in [6, 6.07) is 9.20. The SMILES string of the molecule is COc1cc([C@H]2CC(=O)N(c3ccc(C)c(Cl)c3)C3=C2C(=O)CCC3)cc(OC)c1OC. The third kappa shape index (κ3) is 3.73. The van der Waals surface area contributed by atoms with Gasteiger partial charge in [-0.1, -0.05) is 17.7 Å². The molecule has 2 aromatic carbocycles. The Morgan fingerprint density at radius 2 is 1.66 bits per heavy atom. The van der Waals surface area contributed by atoms with Crippen LogP contribution in [0, 0.1) is 6.92 Å². The number of Topliss-reactive ketones (excluding diaryl/α,β-unsaturated/α-hetero) is 1. The van der Waals surface area contributed by atoms with Crippen molar-refractivity contribution in [3.63, 3.8) is 0 Å². The highest BCUT2D eigenvalue weighted by Crippen LogP contribution is 2.47. The standard InChI is InChI=1S/C25H26ClNO5/c1-14-8-9-16(12-18(14)26)27-19-6-5-7-20(28)24(19)17(13-23(27)29)15-10-21(30-2)25(32-4)22(11-15)31-3/h8-12,17H,5-7,13H2,1-4H3/t17-/m1/s1. The molecule has 1 heterocycles. The van der Waals surface area contributed by atoms with Crippen LogP contribution in [0.1, 0.15) is 42.7 Å². The number of carbonyl (C=O) groups excluding carboxylic acids is 2. The van der Waals surface area contributed by atoms with Gasteiger partial charge in [0.2, 0.25) is 11.7 Å². The third-order valence-electron chi connectivity index (χ3n) is 6.18. The summed E-state index contributed by atoms with van der Waals surface area (Å²) in [5, 5.41) is 0.589. The van der Waals surface area contributed by atoms with Gasteiger partial charge in [0, 0.05) is 35.1 Å². The fourth-order valence-corrected chi connectivity index (χ4v) is 4.78. The Bertz CT molecular complexity index is 1100. The first-order valence-corrected chi connectivity index (χ1v) is 10.9. The normalized spacial score (nSPS) is 18.5. The molecule has 0 saturated heterocycles. The Labute approximate surface area is 192 Å². The van der Waals surface area contributed by atoms with Crippen molar-refractivity contribution in [3.05, 3.63) is 57.8 Å². The number of nitrogens with zero attached hydrogens (tertiary/aromatic N) is 1. The summed E-state index contributed by atoms with van der Waals surface area (Å²) >= 11 is 6.34. The van der Waals surface area contributed by atoms with E-state index in [1.807, 2.05) is 31.2 Å². The van der Waals surface area contributed by atoms with Crippen molar-refractivity contribution < 1.29 is 23.8 Å². The molecule has 1 aliphatic carbocycles. The number of hydrogen-bond donors (Lipinski definition) is 0. The minimum atomic E-state index is -0.379. The van der Waals surface area contributed by atoms with Gasteiger partial charge in [-0.2, -0.15) is 0 Å². The Balaban J connectivity index is 1.88. The number of ether oxygens (including phenoxy) is 3. The molecular formula is C25H26ClNO5. The molecule has 0 saturated carbocycles. The smallest absolute Gasteiger partial charge is 0.232 e. The summed E-state index contributed by atoms with van der Waals surface area (Å²) in [6.07, 6.45) is 1.99. The van der Waals surface area contributed by atoms with Gasteiger partial charge in [0.25, 0.3) is 0 Å². The van der Waals surface area contributed by atoms with Gasteiger partial charge in [0.15, 0.2) is 17.3 Å². The summed E-state index contributed by atoms with van der Waals surface area (Å²) in [4.78, 5) is 28.2. The molecule has 0 fully saturated rings. The van der Waals surface area contributed by atoms with Gasteiger partial charge >= 0.3 is 0 Å². The lowest BCUT2D eigenvalue weighted by Gasteiger charge is -2.38. The molecule has 0 bridgehead atoms. The molecule has 2 aliphatic rings. The number of amides is 1. The molecule has 4 rings (SSSR count). The van der Waals surface area contributed by atoms with Crippen molar-refractivity contribution in [1.82, 2.24) is 0 Å². The summed E-state index contributed by atoms with van der Waals surface area (Å²) in [5.74, 6) is 1.08. The van der Waals surface area contributed by atoms with Crippen LogP contribution in [0.3, 0.4) is 0 Å². The number of anilines is 1. The molecular weight excluding hydrogens is 430 g/mol. The van der Waals surface area contributed by atoms with Gasteiger partial charge in [0.05, 0.1) is 27.0 Å². The van der Waals surface area contributed by atoms with E-state index in [1.165, 1.54) is 0 Å². The molecule has 0 spiro atoms. The van der Waals surface area contributed by atoms with E-state index in [-0.39, 0.29) is 24.0 Å². The van der Waals surface area contributed by atoms with Crippen LogP contribution in [0.2, 0.25) is 5.02 Å². The Morgan fingerprint density at radius 3 is 2.25 bits per heavy atom. The number of ketones is 1. The molecule has 1 aliphatic heterocycles. The van der Waals surface area contributed by atoms with Gasteiger partial charge in [-0.25, -0.2) is 0 Å². The van der Waals surface area contributed by atoms with Gasteiger partial charge in [-0.3, -0.25) is 14.5 Å². The Hall–Kier alpha value is -2.99. The molecule has 0 aromatic heterocycles. The highest BCUT2D eigenvalue weighted by Gasteiger charge is 2.40. The number of halogens is 1. The number of allylic oxidation sites excluding steroid dienone is 2. The van der Waals surface area contributed by atoms with Crippen molar-refractivity contribution in [2.24, 2.45) is 0 Å². The van der Waals surface area contributed by atoms with E-state index in [2.05, 4.69) is 0 Å². The maximum absolute atomic E-state index is 13.4. The van der Waals surface area contributed by atoms with E-state index < -0.39 is 0 Å². The zero-order valence-electron chi connectivity index (χ0n) is 18.7. The minimum absolute atomic E-state index is 0.0701.